The molecule has 2 rings (SSSR count). The van der Waals surface area contributed by atoms with Crippen LogP contribution in [0.4, 0.5) is 0 Å². The number of aliphatic carboxylic acids is 1. The molecule has 1 heterocycles. The predicted octanol–water partition coefficient (Wildman–Crippen LogP) is 1.51. The second kappa shape index (κ2) is 6.17. The summed E-state index contributed by atoms with van der Waals surface area (Å²) in [6.45, 7) is 8.97. The van der Waals surface area contributed by atoms with E-state index in [9.17, 15) is 4.79 Å². The molecule has 1 N–H and O–H groups in total. The second-order valence-corrected chi connectivity index (χ2v) is 5.36. The van der Waals surface area contributed by atoms with Gasteiger partial charge in [-0.15, -0.1) is 0 Å². The summed E-state index contributed by atoms with van der Waals surface area (Å²) in [7, 11) is 0. The Morgan fingerprint density at radius 2 is 1.74 bits per heavy atom. The zero-order valence-corrected chi connectivity index (χ0v) is 11.7. The minimum Gasteiger partial charge on any atom is -0.480 e. The van der Waals surface area contributed by atoms with Gasteiger partial charge in [0.25, 0.3) is 0 Å². The molecule has 0 bridgehead atoms. The van der Waals surface area contributed by atoms with E-state index < -0.39 is 5.97 Å². The van der Waals surface area contributed by atoms with Gasteiger partial charge in [0.2, 0.25) is 0 Å². The van der Waals surface area contributed by atoms with Crippen LogP contribution in [-0.2, 0) is 11.3 Å². The van der Waals surface area contributed by atoms with Crippen molar-refractivity contribution >= 4 is 5.97 Å². The quantitative estimate of drug-likeness (QED) is 0.893. The van der Waals surface area contributed by atoms with Crippen LogP contribution in [0.5, 0.6) is 0 Å². The average molecular weight is 262 g/mol. The largest absolute Gasteiger partial charge is 0.480 e. The molecule has 0 aliphatic carbocycles. The fraction of sp³-hybridized carbons (Fsp3) is 0.533. The van der Waals surface area contributed by atoms with Crippen LogP contribution < -0.4 is 0 Å². The van der Waals surface area contributed by atoms with Gasteiger partial charge in [-0.2, -0.15) is 0 Å². The van der Waals surface area contributed by atoms with E-state index in [1.807, 2.05) is 4.90 Å². The third-order valence-electron chi connectivity index (χ3n) is 3.80. The Morgan fingerprint density at radius 3 is 2.32 bits per heavy atom. The van der Waals surface area contributed by atoms with Crippen LogP contribution in [0, 0.1) is 13.8 Å². The number of hydrogen-bond acceptors (Lipinski definition) is 3. The molecule has 1 saturated heterocycles. The zero-order chi connectivity index (χ0) is 13.8. The van der Waals surface area contributed by atoms with E-state index in [2.05, 4.69) is 36.9 Å². The number of carboxylic acids is 1. The summed E-state index contributed by atoms with van der Waals surface area (Å²) in [5.41, 5.74) is 4.01. The van der Waals surface area contributed by atoms with E-state index in [1.165, 1.54) is 16.7 Å². The molecule has 0 aromatic heterocycles. The highest BCUT2D eigenvalue weighted by atomic mass is 16.4. The molecule has 4 heteroatoms. The lowest BCUT2D eigenvalue weighted by molar-refractivity contribution is -0.138. The standard InChI is InChI=1S/C15H22N2O2/c1-12-3-4-14(9-13(12)2)10-16-5-7-17(8-6-16)11-15(18)19/h3-4,9H,5-8,10-11H2,1-2H3,(H,18,19). The van der Waals surface area contributed by atoms with Crippen molar-refractivity contribution in [3.8, 4) is 0 Å². The minimum absolute atomic E-state index is 0.164. The first-order valence-electron chi connectivity index (χ1n) is 6.77. The highest BCUT2D eigenvalue weighted by Gasteiger charge is 2.18. The number of carboxylic acid groups (broad SMARTS) is 1. The summed E-state index contributed by atoms with van der Waals surface area (Å²) in [5, 5.41) is 8.77. The lowest BCUT2D eigenvalue weighted by Crippen LogP contribution is -2.47. The van der Waals surface area contributed by atoms with Crippen molar-refractivity contribution in [2.24, 2.45) is 0 Å². The molecule has 0 radical (unpaired) electrons. The van der Waals surface area contributed by atoms with Crippen molar-refractivity contribution in [1.29, 1.82) is 0 Å². The van der Waals surface area contributed by atoms with Gasteiger partial charge in [0.1, 0.15) is 0 Å². The monoisotopic (exact) mass is 262 g/mol. The smallest absolute Gasteiger partial charge is 0.317 e. The van der Waals surface area contributed by atoms with Crippen LogP contribution >= 0.6 is 0 Å². The Labute approximate surface area is 114 Å². The van der Waals surface area contributed by atoms with E-state index in [1.54, 1.807) is 0 Å². The van der Waals surface area contributed by atoms with Crippen molar-refractivity contribution < 1.29 is 9.90 Å². The summed E-state index contributed by atoms with van der Waals surface area (Å²) in [6, 6.07) is 6.61. The SMILES string of the molecule is Cc1ccc(CN2CCN(CC(=O)O)CC2)cc1C. The molecule has 4 nitrogen and oxygen atoms in total. The molecule has 104 valence electrons. The number of piperazine rings is 1. The van der Waals surface area contributed by atoms with Crippen LogP contribution in [0.3, 0.4) is 0 Å². The normalized spacial score (nSPS) is 17.6. The van der Waals surface area contributed by atoms with Gasteiger partial charge in [0.15, 0.2) is 0 Å². The Morgan fingerprint density at radius 1 is 1.11 bits per heavy atom. The van der Waals surface area contributed by atoms with Gasteiger partial charge in [0, 0.05) is 32.7 Å². The molecular formula is C15H22N2O2. The van der Waals surface area contributed by atoms with E-state index in [0.717, 1.165) is 32.7 Å². The van der Waals surface area contributed by atoms with E-state index in [4.69, 9.17) is 5.11 Å². The summed E-state index contributed by atoms with van der Waals surface area (Å²) in [6.07, 6.45) is 0. The summed E-state index contributed by atoms with van der Waals surface area (Å²) < 4.78 is 0. The summed E-state index contributed by atoms with van der Waals surface area (Å²) in [4.78, 5) is 15.0. The van der Waals surface area contributed by atoms with E-state index >= 15 is 0 Å². The van der Waals surface area contributed by atoms with Gasteiger partial charge in [-0.25, -0.2) is 0 Å². The maximum atomic E-state index is 10.7. The van der Waals surface area contributed by atoms with Crippen LogP contribution in [0.2, 0.25) is 0 Å². The summed E-state index contributed by atoms with van der Waals surface area (Å²) >= 11 is 0. The topological polar surface area (TPSA) is 43.8 Å². The molecule has 0 unspecified atom stereocenters. The molecule has 19 heavy (non-hydrogen) atoms. The van der Waals surface area contributed by atoms with E-state index in [-0.39, 0.29) is 6.54 Å². The van der Waals surface area contributed by atoms with Gasteiger partial charge in [-0.1, -0.05) is 18.2 Å². The molecule has 0 atom stereocenters. The lowest BCUT2D eigenvalue weighted by atomic mass is 10.1. The predicted molar refractivity (Wildman–Crippen MR) is 75.3 cm³/mol. The molecular weight excluding hydrogens is 240 g/mol. The molecule has 1 aromatic rings. The number of aryl methyl sites for hydroxylation is 2. The van der Waals surface area contributed by atoms with E-state index in [0.29, 0.717) is 0 Å². The van der Waals surface area contributed by atoms with Crippen molar-refractivity contribution in [1.82, 2.24) is 9.80 Å². The van der Waals surface area contributed by atoms with Gasteiger partial charge >= 0.3 is 5.97 Å². The number of hydrogen-bond donors (Lipinski definition) is 1. The van der Waals surface area contributed by atoms with Crippen molar-refractivity contribution in [3.05, 3.63) is 34.9 Å². The first-order chi connectivity index (χ1) is 9.04. The van der Waals surface area contributed by atoms with Crippen LogP contribution in [0.15, 0.2) is 18.2 Å². The zero-order valence-electron chi connectivity index (χ0n) is 11.7. The van der Waals surface area contributed by atoms with Crippen molar-refractivity contribution in [3.63, 3.8) is 0 Å². The molecule has 1 aliphatic heterocycles. The minimum atomic E-state index is -0.734. The average Bonchev–Trinajstić information content (AvgIpc) is 2.36. The van der Waals surface area contributed by atoms with Gasteiger partial charge in [-0.3, -0.25) is 14.6 Å². The molecule has 0 saturated carbocycles. The number of nitrogens with zero attached hydrogens (tertiary/aromatic N) is 2. The molecule has 0 amide bonds. The van der Waals surface area contributed by atoms with Gasteiger partial charge in [0.05, 0.1) is 6.54 Å². The third-order valence-corrected chi connectivity index (χ3v) is 3.80. The number of carbonyl (C=O) groups is 1. The highest BCUT2D eigenvalue weighted by molar-refractivity contribution is 5.69. The fourth-order valence-corrected chi connectivity index (χ4v) is 2.46. The molecule has 1 aliphatic rings. The lowest BCUT2D eigenvalue weighted by Gasteiger charge is -2.33. The Kier molecular flexibility index (Phi) is 4.56. The van der Waals surface area contributed by atoms with Gasteiger partial charge < -0.3 is 5.11 Å². The maximum absolute atomic E-state index is 10.7. The summed E-state index contributed by atoms with van der Waals surface area (Å²) in [5.74, 6) is -0.734. The highest BCUT2D eigenvalue weighted by Crippen LogP contribution is 2.13. The molecule has 1 aromatic carbocycles. The first kappa shape index (κ1) is 14.0. The maximum Gasteiger partial charge on any atom is 0.317 e. The Balaban J connectivity index is 1.85. The first-order valence-corrected chi connectivity index (χ1v) is 6.77. The number of rotatable bonds is 4. The Bertz CT molecular complexity index is 451. The van der Waals surface area contributed by atoms with Crippen molar-refractivity contribution in [2.45, 2.75) is 20.4 Å². The molecule has 0 spiro atoms. The van der Waals surface area contributed by atoms with Crippen molar-refractivity contribution in [2.75, 3.05) is 32.7 Å². The van der Waals surface area contributed by atoms with Crippen LogP contribution in [-0.4, -0.2) is 53.6 Å². The Hall–Kier alpha value is -1.39. The molecule has 1 fully saturated rings. The third kappa shape index (κ3) is 4.04. The van der Waals surface area contributed by atoms with Crippen LogP contribution in [0.1, 0.15) is 16.7 Å². The second-order valence-electron chi connectivity index (χ2n) is 5.36. The fourth-order valence-electron chi connectivity index (χ4n) is 2.46. The van der Waals surface area contributed by atoms with Gasteiger partial charge in [-0.05, 0) is 30.5 Å². The number of benzene rings is 1. The van der Waals surface area contributed by atoms with Crippen LogP contribution in [0.25, 0.3) is 0 Å².